The molecule has 0 saturated carbocycles. The molecule has 128 valence electrons. The third-order valence-corrected chi connectivity index (χ3v) is 3.27. The monoisotopic (exact) mass is 337 g/mol. The average molecular weight is 337 g/mol. The number of benzene rings is 1. The van der Waals surface area contributed by atoms with Crippen molar-refractivity contribution in [3.05, 3.63) is 60.9 Å². The molecule has 3 N–H and O–H groups in total. The van der Waals surface area contributed by atoms with Gasteiger partial charge in [-0.05, 0) is 24.3 Å². The lowest BCUT2D eigenvalue weighted by molar-refractivity contribution is -0.110. The third-order valence-electron chi connectivity index (χ3n) is 3.27. The Labute approximate surface area is 146 Å². The Morgan fingerprint density at radius 1 is 1.32 bits per heavy atom. The van der Waals surface area contributed by atoms with Crippen LogP contribution in [0.4, 0.5) is 5.69 Å². The van der Waals surface area contributed by atoms with Crippen LogP contribution in [-0.4, -0.2) is 36.6 Å². The maximum absolute atomic E-state index is 12.6. The number of aliphatic imine (C=N–C) groups is 2. The van der Waals surface area contributed by atoms with E-state index in [0.29, 0.717) is 22.7 Å². The number of rotatable bonds is 6. The van der Waals surface area contributed by atoms with Crippen molar-refractivity contribution in [3.8, 4) is 5.75 Å². The van der Waals surface area contributed by atoms with E-state index in [4.69, 9.17) is 10.5 Å². The standard InChI is InChI=1S/C18H19N5O2/c1-12(13-6-5-9-21-11-13)22-16(17(19)20-2)18(24)23-14-7-4-8-15(10-14)25-3/h4-11H,1H2,2-3H3,(H2,19,20)(H,23,24). The number of carbonyl (C=O) groups excluding carboxylic acids is 1. The maximum Gasteiger partial charge on any atom is 0.278 e. The first-order valence-electron chi connectivity index (χ1n) is 7.41. The number of nitrogens with one attached hydrogen (secondary N) is 1. The van der Waals surface area contributed by atoms with Gasteiger partial charge in [-0.2, -0.15) is 0 Å². The highest BCUT2D eigenvalue weighted by atomic mass is 16.5. The number of carbonyl (C=O) groups is 1. The molecule has 0 aliphatic heterocycles. The summed E-state index contributed by atoms with van der Waals surface area (Å²) in [5.41, 5.74) is 7.39. The summed E-state index contributed by atoms with van der Waals surface area (Å²) in [4.78, 5) is 24.7. The molecule has 2 aromatic rings. The van der Waals surface area contributed by atoms with Gasteiger partial charge in [0, 0.05) is 36.8 Å². The highest BCUT2D eigenvalue weighted by Crippen LogP contribution is 2.17. The topological polar surface area (TPSA) is 102 Å². The lowest BCUT2D eigenvalue weighted by Crippen LogP contribution is -2.35. The third kappa shape index (κ3) is 4.74. The molecule has 0 saturated heterocycles. The predicted octanol–water partition coefficient (Wildman–Crippen LogP) is 2.13. The summed E-state index contributed by atoms with van der Waals surface area (Å²) in [5.74, 6) is 0.125. The van der Waals surface area contributed by atoms with E-state index >= 15 is 0 Å². The molecule has 1 amide bonds. The fourth-order valence-corrected chi connectivity index (χ4v) is 1.95. The number of anilines is 1. The van der Waals surface area contributed by atoms with E-state index in [0.717, 1.165) is 0 Å². The predicted molar refractivity (Wildman–Crippen MR) is 99.9 cm³/mol. The Kier molecular flexibility index (Phi) is 6.00. The molecular weight excluding hydrogens is 318 g/mol. The van der Waals surface area contributed by atoms with Crippen LogP contribution in [-0.2, 0) is 4.79 Å². The lowest BCUT2D eigenvalue weighted by atomic mass is 10.2. The number of hydrogen-bond donors (Lipinski definition) is 2. The van der Waals surface area contributed by atoms with Crippen molar-refractivity contribution in [1.82, 2.24) is 4.98 Å². The second kappa shape index (κ2) is 8.39. The Morgan fingerprint density at radius 2 is 2.12 bits per heavy atom. The molecule has 0 radical (unpaired) electrons. The van der Waals surface area contributed by atoms with Gasteiger partial charge in [0.2, 0.25) is 0 Å². The lowest BCUT2D eigenvalue weighted by Gasteiger charge is -2.09. The van der Waals surface area contributed by atoms with Gasteiger partial charge in [0.25, 0.3) is 5.91 Å². The number of amides is 1. The van der Waals surface area contributed by atoms with E-state index in [9.17, 15) is 4.79 Å². The zero-order chi connectivity index (χ0) is 18.2. The van der Waals surface area contributed by atoms with Crippen molar-refractivity contribution < 1.29 is 9.53 Å². The smallest absolute Gasteiger partial charge is 0.278 e. The number of nitrogens with zero attached hydrogens (tertiary/aromatic N) is 3. The summed E-state index contributed by atoms with van der Waals surface area (Å²) in [7, 11) is 3.03. The zero-order valence-corrected chi connectivity index (χ0v) is 14.1. The highest BCUT2D eigenvalue weighted by molar-refractivity contribution is 6.68. The van der Waals surface area contributed by atoms with Gasteiger partial charge >= 0.3 is 0 Å². The molecule has 0 unspecified atom stereocenters. The van der Waals surface area contributed by atoms with E-state index in [2.05, 4.69) is 26.9 Å². The molecule has 1 aromatic heterocycles. The summed E-state index contributed by atoms with van der Waals surface area (Å²) in [6.07, 6.45) is 3.24. The van der Waals surface area contributed by atoms with Gasteiger partial charge in [0.15, 0.2) is 5.71 Å². The van der Waals surface area contributed by atoms with Crippen LogP contribution in [0.15, 0.2) is 65.4 Å². The molecule has 1 heterocycles. The second-order valence-corrected chi connectivity index (χ2v) is 4.94. The van der Waals surface area contributed by atoms with Gasteiger partial charge in [0.05, 0.1) is 12.8 Å². The van der Waals surface area contributed by atoms with Gasteiger partial charge in [-0.25, -0.2) is 4.99 Å². The van der Waals surface area contributed by atoms with E-state index < -0.39 is 5.91 Å². The first-order chi connectivity index (χ1) is 12.0. The summed E-state index contributed by atoms with van der Waals surface area (Å²) >= 11 is 0. The summed E-state index contributed by atoms with van der Waals surface area (Å²) in [6, 6.07) is 10.5. The molecular formula is C18H19N5O2. The van der Waals surface area contributed by atoms with Crippen molar-refractivity contribution >= 4 is 28.8 Å². The number of pyridine rings is 1. The molecule has 0 aliphatic rings. The molecule has 0 bridgehead atoms. The van der Waals surface area contributed by atoms with Crippen molar-refractivity contribution in [3.63, 3.8) is 0 Å². The fourth-order valence-electron chi connectivity index (χ4n) is 1.95. The first-order valence-corrected chi connectivity index (χ1v) is 7.41. The number of nitrogens with two attached hydrogens (primary N) is 1. The van der Waals surface area contributed by atoms with Crippen LogP contribution >= 0.6 is 0 Å². The van der Waals surface area contributed by atoms with Crippen LogP contribution in [0.5, 0.6) is 5.75 Å². The Morgan fingerprint density at radius 3 is 2.76 bits per heavy atom. The largest absolute Gasteiger partial charge is 0.497 e. The van der Waals surface area contributed by atoms with Crippen LogP contribution in [0.2, 0.25) is 0 Å². The fraction of sp³-hybridized carbons (Fsp3) is 0.111. The normalized spacial score (nSPS) is 11.8. The minimum absolute atomic E-state index is 0.00503. The molecule has 25 heavy (non-hydrogen) atoms. The minimum Gasteiger partial charge on any atom is -0.497 e. The van der Waals surface area contributed by atoms with Crippen molar-refractivity contribution in [2.45, 2.75) is 0 Å². The van der Waals surface area contributed by atoms with Crippen LogP contribution in [0.3, 0.4) is 0 Å². The van der Waals surface area contributed by atoms with E-state index in [1.54, 1.807) is 55.9 Å². The summed E-state index contributed by atoms with van der Waals surface area (Å²) in [5, 5.41) is 2.72. The molecule has 0 fully saturated rings. The van der Waals surface area contributed by atoms with Gasteiger partial charge < -0.3 is 15.8 Å². The van der Waals surface area contributed by atoms with Gasteiger partial charge in [0.1, 0.15) is 11.6 Å². The number of hydrogen-bond acceptors (Lipinski definition) is 5. The molecule has 7 nitrogen and oxygen atoms in total. The zero-order valence-electron chi connectivity index (χ0n) is 14.1. The number of ether oxygens (including phenoxy) is 1. The van der Waals surface area contributed by atoms with E-state index in [-0.39, 0.29) is 11.5 Å². The highest BCUT2D eigenvalue weighted by Gasteiger charge is 2.17. The summed E-state index contributed by atoms with van der Waals surface area (Å²) < 4.78 is 5.14. The molecule has 0 spiro atoms. The van der Waals surface area contributed by atoms with Crippen LogP contribution in [0.1, 0.15) is 5.56 Å². The van der Waals surface area contributed by atoms with Crippen LogP contribution < -0.4 is 15.8 Å². The van der Waals surface area contributed by atoms with E-state index in [1.807, 2.05) is 0 Å². The van der Waals surface area contributed by atoms with Crippen molar-refractivity contribution in [1.29, 1.82) is 0 Å². The molecule has 0 aliphatic carbocycles. The van der Waals surface area contributed by atoms with Gasteiger partial charge in [-0.15, -0.1) is 0 Å². The molecule has 2 rings (SSSR count). The number of amidine groups is 1. The van der Waals surface area contributed by atoms with Crippen LogP contribution in [0, 0.1) is 0 Å². The Balaban J connectivity index is 2.29. The quantitative estimate of drug-likeness (QED) is 0.622. The average Bonchev–Trinajstić information content (AvgIpc) is 2.66. The summed E-state index contributed by atoms with van der Waals surface area (Å²) in [6.45, 7) is 3.86. The Hall–Kier alpha value is -3.48. The number of aromatic nitrogens is 1. The van der Waals surface area contributed by atoms with Crippen molar-refractivity contribution in [2.75, 3.05) is 19.5 Å². The van der Waals surface area contributed by atoms with Gasteiger partial charge in [-0.3, -0.25) is 14.8 Å². The minimum atomic E-state index is -0.499. The first kappa shape index (κ1) is 17.9. The molecule has 1 aromatic carbocycles. The van der Waals surface area contributed by atoms with Crippen LogP contribution in [0.25, 0.3) is 5.70 Å². The SMILES string of the molecule is C=C(N=C(C(=O)Nc1cccc(OC)c1)C(N)=NC)c1cccnc1. The molecule has 7 heteroatoms. The number of methoxy groups -OCH3 is 1. The maximum atomic E-state index is 12.6. The van der Waals surface area contributed by atoms with Crippen molar-refractivity contribution in [2.24, 2.45) is 15.7 Å². The van der Waals surface area contributed by atoms with Gasteiger partial charge in [-0.1, -0.05) is 12.6 Å². The van der Waals surface area contributed by atoms with E-state index in [1.165, 1.54) is 7.05 Å². The Bertz CT molecular complexity index is 828. The molecule has 0 atom stereocenters. The second-order valence-electron chi connectivity index (χ2n) is 4.94.